The Morgan fingerprint density at radius 1 is 1.26 bits per heavy atom. The van der Waals surface area contributed by atoms with Crippen LogP contribution in [0.1, 0.15) is 18.1 Å². The molecule has 2 aromatic carbocycles. The Balaban J connectivity index is 0.00000261. The van der Waals surface area contributed by atoms with E-state index < -0.39 is 6.04 Å². The van der Waals surface area contributed by atoms with Crippen LogP contribution in [0.5, 0.6) is 5.75 Å². The minimum absolute atomic E-state index is 0. The number of methoxy groups -OCH3 is 1. The van der Waals surface area contributed by atoms with Crippen LogP contribution in [0.3, 0.4) is 0 Å². The van der Waals surface area contributed by atoms with Crippen molar-refractivity contribution in [1.82, 2.24) is 0 Å². The molecule has 6 nitrogen and oxygen atoms in total. The second kappa shape index (κ2) is 8.88. The highest BCUT2D eigenvalue weighted by Crippen LogP contribution is 2.31. The number of nitrogens with two attached hydrogens (primary N) is 1. The Morgan fingerprint density at radius 2 is 2.04 bits per heavy atom. The Bertz CT molecular complexity index is 839. The summed E-state index contributed by atoms with van der Waals surface area (Å²) in [4.78, 5) is 26.4. The number of hydrogen-bond acceptors (Lipinski definition) is 4. The molecule has 1 atom stereocenters. The van der Waals surface area contributed by atoms with Crippen LogP contribution in [0.15, 0.2) is 42.5 Å². The van der Waals surface area contributed by atoms with Crippen LogP contribution in [-0.4, -0.2) is 31.5 Å². The van der Waals surface area contributed by atoms with Gasteiger partial charge in [0.25, 0.3) is 0 Å². The molecule has 7 heteroatoms. The molecular weight excluding hydrogens is 366 g/mol. The summed E-state index contributed by atoms with van der Waals surface area (Å²) in [6.07, 6.45) is 1.10. The standard InChI is InChI=1S/C20H23N3O3.ClH/c1-13(21)20(25)22-16-7-6-15-8-9-23(18(15)12-16)19(24)11-14-4-3-5-17(10-14)26-2;/h3-7,10,12-13H,8-9,11,21H2,1-2H3,(H,22,25);1H/t13-;/m1./s1. The van der Waals surface area contributed by atoms with E-state index in [1.54, 1.807) is 18.9 Å². The van der Waals surface area contributed by atoms with Crippen LogP contribution in [0, 0.1) is 0 Å². The third-order valence-corrected chi connectivity index (χ3v) is 4.45. The summed E-state index contributed by atoms with van der Waals surface area (Å²) >= 11 is 0. The van der Waals surface area contributed by atoms with Gasteiger partial charge in [-0.25, -0.2) is 0 Å². The first kappa shape index (κ1) is 20.7. The highest BCUT2D eigenvalue weighted by molar-refractivity contribution is 5.99. The lowest BCUT2D eigenvalue weighted by molar-refractivity contribution is -0.118. The van der Waals surface area contributed by atoms with Gasteiger partial charge in [-0.1, -0.05) is 18.2 Å². The summed E-state index contributed by atoms with van der Waals surface area (Å²) in [7, 11) is 1.61. The van der Waals surface area contributed by atoms with E-state index in [-0.39, 0.29) is 24.2 Å². The minimum Gasteiger partial charge on any atom is -0.497 e. The smallest absolute Gasteiger partial charge is 0.240 e. The fourth-order valence-electron chi connectivity index (χ4n) is 3.02. The lowest BCUT2D eigenvalue weighted by Crippen LogP contribution is -2.32. The predicted molar refractivity (Wildman–Crippen MR) is 109 cm³/mol. The molecule has 2 amide bonds. The molecule has 3 rings (SSSR count). The molecule has 0 fully saturated rings. The molecule has 0 saturated carbocycles. The van der Waals surface area contributed by atoms with Gasteiger partial charge >= 0.3 is 0 Å². The van der Waals surface area contributed by atoms with Gasteiger partial charge in [0, 0.05) is 17.9 Å². The number of hydrogen-bond donors (Lipinski definition) is 2. The summed E-state index contributed by atoms with van der Waals surface area (Å²) in [5.41, 5.74) is 9.09. The monoisotopic (exact) mass is 389 g/mol. The number of anilines is 2. The van der Waals surface area contributed by atoms with Gasteiger partial charge < -0.3 is 20.7 Å². The van der Waals surface area contributed by atoms with Crippen molar-refractivity contribution < 1.29 is 14.3 Å². The summed E-state index contributed by atoms with van der Waals surface area (Å²) in [5, 5.41) is 2.78. The second-order valence-electron chi connectivity index (χ2n) is 6.45. The van der Waals surface area contributed by atoms with Gasteiger partial charge in [0.1, 0.15) is 5.75 Å². The second-order valence-corrected chi connectivity index (χ2v) is 6.45. The molecule has 3 N–H and O–H groups in total. The van der Waals surface area contributed by atoms with Crippen molar-refractivity contribution >= 4 is 35.6 Å². The SMILES string of the molecule is COc1cccc(CC(=O)N2CCc3ccc(NC(=O)[C@@H](C)N)cc32)c1.Cl. The molecule has 0 bridgehead atoms. The van der Waals surface area contributed by atoms with E-state index in [9.17, 15) is 9.59 Å². The quantitative estimate of drug-likeness (QED) is 0.822. The van der Waals surface area contributed by atoms with Crippen molar-refractivity contribution in [3.63, 3.8) is 0 Å². The van der Waals surface area contributed by atoms with Crippen LogP contribution < -0.4 is 20.7 Å². The molecule has 1 aliphatic rings. The fraction of sp³-hybridized carbons (Fsp3) is 0.300. The molecule has 1 heterocycles. The first-order valence-electron chi connectivity index (χ1n) is 8.60. The molecule has 0 radical (unpaired) electrons. The van der Waals surface area contributed by atoms with E-state index in [0.717, 1.165) is 29.0 Å². The van der Waals surface area contributed by atoms with Gasteiger partial charge in [0.2, 0.25) is 11.8 Å². The van der Waals surface area contributed by atoms with Gasteiger partial charge in [0.05, 0.1) is 19.6 Å². The Kier molecular flexibility index (Phi) is 6.82. The summed E-state index contributed by atoms with van der Waals surface area (Å²) in [6, 6.07) is 12.6. The predicted octanol–water partition coefficient (Wildman–Crippen LogP) is 2.53. The number of carbonyl (C=O) groups excluding carboxylic acids is 2. The molecule has 27 heavy (non-hydrogen) atoms. The third kappa shape index (κ3) is 4.78. The Labute approximate surface area is 165 Å². The number of ether oxygens (including phenoxy) is 1. The number of amides is 2. The maximum Gasteiger partial charge on any atom is 0.240 e. The number of nitrogens with one attached hydrogen (secondary N) is 1. The molecule has 144 valence electrons. The van der Waals surface area contributed by atoms with Gasteiger partial charge in [-0.3, -0.25) is 9.59 Å². The van der Waals surface area contributed by atoms with Gasteiger partial charge in [-0.05, 0) is 48.7 Å². The molecule has 0 aliphatic carbocycles. The zero-order chi connectivity index (χ0) is 18.7. The number of halogens is 1. The van der Waals surface area contributed by atoms with Gasteiger partial charge in [-0.15, -0.1) is 12.4 Å². The lowest BCUT2D eigenvalue weighted by atomic mass is 10.1. The van der Waals surface area contributed by atoms with E-state index in [4.69, 9.17) is 10.5 Å². The van der Waals surface area contributed by atoms with Crippen molar-refractivity contribution in [1.29, 1.82) is 0 Å². The van der Waals surface area contributed by atoms with E-state index >= 15 is 0 Å². The minimum atomic E-state index is -0.589. The average molecular weight is 390 g/mol. The zero-order valence-electron chi connectivity index (χ0n) is 15.4. The van der Waals surface area contributed by atoms with Crippen LogP contribution >= 0.6 is 12.4 Å². The van der Waals surface area contributed by atoms with Gasteiger partial charge in [0.15, 0.2) is 0 Å². The number of rotatable bonds is 5. The Morgan fingerprint density at radius 3 is 2.74 bits per heavy atom. The summed E-state index contributed by atoms with van der Waals surface area (Å²) in [6.45, 7) is 2.27. The van der Waals surface area contributed by atoms with Crippen LogP contribution in [-0.2, 0) is 22.4 Å². The molecular formula is C20H24ClN3O3. The number of carbonyl (C=O) groups is 2. The van der Waals surface area contributed by atoms with E-state index in [2.05, 4.69) is 5.32 Å². The maximum atomic E-state index is 12.8. The largest absolute Gasteiger partial charge is 0.497 e. The molecule has 0 unspecified atom stereocenters. The lowest BCUT2D eigenvalue weighted by Gasteiger charge is -2.19. The first-order valence-corrected chi connectivity index (χ1v) is 8.60. The zero-order valence-corrected chi connectivity index (χ0v) is 16.2. The maximum absolute atomic E-state index is 12.8. The highest BCUT2D eigenvalue weighted by Gasteiger charge is 2.25. The summed E-state index contributed by atoms with van der Waals surface area (Å²) in [5.74, 6) is 0.503. The van der Waals surface area contributed by atoms with Gasteiger partial charge in [-0.2, -0.15) is 0 Å². The van der Waals surface area contributed by atoms with Crippen molar-refractivity contribution in [2.45, 2.75) is 25.8 Å². The third-order valence-electron chi connectivity index (χ3n) is 4.45. The topological polar surface area (TPSA) is 84.7 Å². The highest BCUT2D eigenvalue weighted by atomic mass is 35.5. The Hall–Kier alpha value is -2.57. The fourth-order valence-corrected chi connectivity index (χ4v) is 3.02. The van der Waals surface area contributed by atoms with Crippen molar-refractivity contribution in [3.05, 3.63) is 53.6 Å². The van der Waals surface area contributed by atoms with Crippen LogP contribution in [0.25, 0.3) is 0 Å². The first-order chi connectivity index (χ1) is 12.5. The normalized spacial score (nSPS) is 13.4. The number of fused-ring (bicyclic) bond motifs is 1. The van der Waals surface area contributed by atoms with E-state index in [0.29, 0.717) is 18.7 Å². The molecule has 0 aromatic heterocycles. The molecule has 0 saturated heterocycles. The number of benzene rings is 2. The number of nitrogens with zero attached hydrogens (tertiary/aromatic N) is 1. The van der Waals surface area contributed by atoms with Crippen LogP contribution in [0.4, 0.5) is 11.4 Å². The van der Waals surface area contributed by atoms with Crippen LogP contribution in [0.2, 0.25) is 0 Å². The summed E-state index contributed by atoms with van der Waals surface area (Å²) < 4.78 is 5.21. The molecule has 1 aliphatic heterocycles. The average Bonchev–Trinajstić information content (AvgIpc) is 3.05. The van der Waals surface area contributed by atoms with E-state index in [1.807, 2.05) is 42.5 Å². The molecule has 0 spiro atoms. The van der Waals surface area contributed by atoms with Crippen molar-refractivity contribution in [2.75, 3.05) is 23.9 Å². The van der Waals surface area contributed by atoms with E-state index in [1.165, 1.54) is 0 Å². The molecule has 2 aromatic rings. The van der Waals surface area contributed by atoms with Crippen molar-refractivity contribution in [3.8, 4) is 5.75 Å². The van der Waals surface area contributed by atoms with Crippen molar-refractivity contribution in [2.24, 2.45) is 5.73 Å².